The Kier molecular flexibility index (Phi) is 5.94. The monoisotopic (exact) mass is 175 g/mol. The minimum absolute atomic E-state index is 0.0550. The van der Waals surface area contributed by atoms with E-state index < -0.39 is 0 Å². The second kappa shape index (κ2) is 6.23. The number of hydrogen-bond acceptors (Lipinski definition) is 1. The van der Waals surface area contributed by atoms with Crippen LogP contribution in [0.15, 0.2) is 12.2 Å². The van der Waals surface area contributed by atoms with Crippen molar-refractivity contribution in [3.63, 3.8) is 0 Å². The molecular weight excluding hydrogens is 162 g/mol. The molecule has 0 saturated carbocycles. The molecule has 1 N–H and O–H groups in total. The van der Waals surface area contributed by atoms with E-state index in [4.69, 9.17) is 11.6 Å². The van der Waals surface area contributed by atoms with Crippen molar-refractivity contribution in [2.24, 2.45) is 5.92 Å². The van der Waals surface area contributed by atoms with Gasteiger partial charge < -0.3 is 5.32 Å². The molecule has 0 radical (unpaired) electrons. The van der Waals surface area contributed by atoms with Gasteiger partial charge in [-0.3, -0.25) is 4.79 Å². The number of rotatable bonds is 4. The number of amides is 1. The number of alkyl halides is 1. The summed E-state index contributed by atoms with van der Waals surface area (Å²) in [5.74, 6) is 0.626. The van der Waals surface area contributed by atoms with Gasteiger partial charge in [0.15, 0.2) is 0 Å². The van der Waals surface area contributed by atoms with Crippen LogP contribution >= 0.6 is 11.6 Å². The Bertz CT molecular complexity index is 143. The Morgan fingerprint density at radius 3 is 2.64 bits per heavy atom. The fourth-order valence-corrected chi connectivity index (χ4v) is 0.636. The van der Waals surface area contributed by atoms with Crippen LogP contribution in [0.25, 0.3) is 0 Å². The fraction of sp³-hybridized carbons (Fsp3) is 0.625. The van der Waals surface area contributed by atoms with Crippen LogP contribution in [0.1, 0.15) is 13.8 Å². The highest BCUT2D eigenvalue weighted by Gasteiger charge is 2.02. The molecular formula is C8H14ClNO. The summed E-state index contributed by atoms with van der Waals surface area (Å²) in [4.78, 5) is 10.9. The maximum atomic E-state index is 10.9. The topological polar surface area (TPSA) is 29.1 Å². The van der Waals surface area contributed by atoms with Gasteiger partial charge in [0.25, 0.3) is 0 Å². The van der Waals surface area contributed by atoms with Gasteiger partial charge in [-0.05, 0) is 0 Å². The predicted octanol–water partition coefficient (Wildman–Crippen LogP) is 1.55. The SMILES string of the molecule is CC(C)C(=O)NC/C=C/CCl. The normalized spacial score (nSPS) is 10.9. The molecule has 11 heavy (non-hydrogen) atoms. The Morgan fingerprint density at radius 1 is 1.55 bits per heavy atom. The molecule has 0 aromatic carbocycles. The summed E-state index contributed by atoms with van der Waals surface area (Å²) in [5, 5.41) is 2.73. The molecule has 0 aliphatic carbocycles. The number of nitrogens with one attached hydrogen (secondary N) is 1. The molecule has 0 rings (SSSR count). The van der Waals surface area contributed by atoms with E-state index in [1.54, 1.807) is 0 Å². The summed E-state index contributed by atoms with van der Waals surface area (Å²) in [5.41, 5.74) is 0. The van der Waals surface area contributed by atoms with Gasteiger partial charge in [-0.15, -0.1) is 11.6 Å². The molecule has 0 heterocycles. The zero-order valence-corrected chi connectivity index (χ0v) is 7.69. The number of hydrogen-bond donors (Lipinski definition) is 1. The van der Waals surface area contributed by atoms with E-state index >= 15 is 0 Å². The van der Waals surface area contributed by atoms with Crippen LogP contribution in [0, 0.1) is 5.92 Å². The molecule has 0 unspecified atom stereocenters. The summed E-state index contributed by atoms with van der Waals surface area (Å²) in [6.45, 7) is 4.30. The second-order valence-electron chi connectivity index (χ2n) is 2.53. The van der Waals surface area contributed by atoms with Crippen LogP contribution in [0.5, 0.6) is 0 Å². The first-order valence-electron chi connectivity index (χ1n) is 3.67. The molecule has 0 spiro atoms. The van der Waals surface area contributed by atoms with E-state index in [1.807, 2.05) is 26.0 Å². The lowest BCUT2D eigenvalue weighted by atomic mass is 10.2. The van der Waals surface area contributed by atoms with E-state index in [1.165, 1.54) is 0 Å². The van der Waals surface area contributed by atoms with E-state index in [-0.39, 0.29) is 11.8 Å². The molecule has 0 fully saturated rings. The zero-order valence-electron chi connectivity index (χ0n) is 6.93. The van der Waals surface area contributed by atoms with Gasteiger partial charge in [0, 0.05) is 18.3 Å². The lowest BCUT2D eigenvalue weighted by Crippen LogP contribution is -2.27. The zero-order chi connectivity index (χ0) is 8.69. The largest absolute Gasteiger partial charge is 0.352 e. The van der Waals surface area contributed by atoms with Crippen molar-refractivity contribution in [3.8, 4) is 0 Å². The van der Waals surface area contributed by atoms with Gasteiger partial charge in [0.1, 0.15) is 0 Å². The molecule has 0 aromatic heterocycles. The minimum atomic E-state index is 0.0550. The quantitative estimate of drug-likeness (QED) is 0.510. The van der Waals surface area contributed by atoms with E-state index in [0.29, 0.717) is 12.4 Å². The second-order valence-corrected chi connectivity index (χ2v) is 2.83. The fourth-order valence-electron chi connectivity index (χ4n) is 0.510. The van der Waals surface area contributed by atoms with Gasteiger partial charge in [-0.25, -0.2) is 0 Å². The summed E-state index contributed by atoms with van der Waals surface area (Å²) < 4.78 is 0. The third-order valence-corrected chi connectivity index (χ3v) is 1.35. The number of allylic oxidation sites excluding steroid dienone is 1. The Hall–Kier alpha value is -0.500. The van der Waals surface area contributed by atoms with Crippen molar-refractivity contribution in [1.82, 2.24) is 5.32 Å². The lowest BCUT2D eigenvalue weighted by molar-refractivity contribution is -0.123. The van der Waals surface area contributed by atoms with Crippen LogP contribution in [0.2, 0.25) is 0 Å². The van der Waals surface area contributed by atoms with Crippen molar-refractivity contribution in [3.05, 3.63) is 12.2 Å². The highest BCUT2D eigenvalue weighted by atomic mass is 35.5. The van der Waals surface area contributed by atoms with Crippen LogP contribution in [-0.2, 0) is 4.79 Å². The third-order valence-electron chi connectivity index (χ3n) is 1.17. The summed E-state index contributed by atoms with van der Waals surface area (Å²) >= 11 is 5.38. The molecule has 2 nitrogen and oxygen atoms in total. The van der Waals surface area contributed by atoms with E-state index in [2.05, 4.69) is 5.32 Å². The Balaban J connectivity index is 3.39. The summed E-state index contributed by atoms with van der Waals surface area (Å²) in [6, 6.07) is 0. The molecule has 3 heteroatoms. The lowest BCUT2D eigenvalue weighted by Gasteiger charge is -2.03. The molecule has 0 aliphatic rings. The van der Waals surface area contributed by atoms with Crippen molar-refractivity contribution in [2.45, 2.75) is 13.8 Å². The predicted molar refractivity (Wildman–Crippen MR) is 47.7 cm³/mol. The number of carbonyl (C=O) groups is 1. The van der Waals surface area contributed by atoms with E-state index in [9.17, 15) is 4.79 Å². The standard InChI is InChI=1S/C8H14ClNO/c1-7(2)8(11)10-6-4-3-5-9/h3-4,7H,5-6H2,1-2H3,(H,10,11)/b4-3+. The van der Waals surface area contributed by atoms with Gasteiger partial charge in [0.2, 0.25) is 5.91 Å². The van der Waals surface area contributed by atoms with Gasteiger partial charge >= 0.3 is 0 Å². The van der Waals surface area contributed by atoms with Crippen molar-refractivity contribution in [1.29, 1.82) is 0 Å². The third kappa shape index (κ3) is 5.92. The number of halogens is 1. The van der Waals surface area contributed by atoms with E-state index in [0.717, 1.165) is 0 Å². The maximum Gasteiger partial charge on any atom is 0.222 e. The minimum Gasteiger partial charge on any atom is -0.352 e. The maximum absolute atomic E-state index is 10.9. The average molecular weight is 176 g/mol. The van der Waals surface area contributed by atoms with Crippen molar-refractivity contribution >= 4 is 17.5 Å². The highest BCUT2D eigenvalue weighted by Crippen LogP contribution is 1.89. The van der Waals surface area contributed by atoms with Crippen molar-refractivity contribution < 1.29 is 4.79 Å². The van der Waals surface area contributed by atoms with Crippen LogP contribution in [0.4, 0.5) is 0 Å². The molecule has 0 atom stereocenters. The number of carbonyl (C=O) groups excluding carboxylic acids is 1. The Labute approximate surface area is 72.6 Å². The first kappa shape index (κ1) is 10.5. The smallest absolute Gasteiger partial charge is 0.222 e. The van der Waals surface area contributed by atoms with Crippen LogP contribution in [0.3, 0.4) is 0 Å². The summed E-state index contributed by atoms with van der Waals surface area (Å²) in [6.07, 6.45) is 3.65. The van der Waals surface area contributed by atoms with Crippen LogP contribution < -0.4 is 5.32 Å². The molecule has 0 bridgehead atoms. The summed E-state index contributed by atoms with van der Waals surface area (Å²) in [7, 11) is 0. The first-order chi connectivity index (χ1) is 5.18. The molecule has 0 aliphatic heterocycles. The molecule has 64 valence electrons. The first-order valence-corrected chi connectivity index (χ1v) is 4.20. The molecule has 1 amide bonds. The van der Waals surface area contributed by atoms with Crippen molar-refractivity contribution in [2.75, 3.05) is 12.4 Å². The van der Waals surface area contributed by atoms with Gasteiger partial charge in [0.05, 0.1) is 0 Å². The average Bonchev–Trinajstić information content (AvgIpc) is 1.97. The van der Waals surface area contributed by atoms with Gasteiger partial charge in [-0.2, -0.15) is 0 Å². The highest BCUT2D eigenvalue weighted by molar-refractivity contribution is 6.18. The molecule has 0 aromatic rings. The molecule has 0 saturated heterocycles. The Morgan fingerprint density at radius 2 is 2.18 bits per heavy atom. The van der Waals surface area contributed by atoms with Gasteiger partial charge in [-0.1, -0.05) is 26.0 Å². The van der Waals surface area contributed by atoms with Crippen LogP contribution in [-0.4, -0.2) is 18.3 Å².